The van der Waals surface area contributed by atoms with E-state index in [1.54, 1.807) is 12.1 Å². The van der Waals surface area contributed by atoms with Gasteiger partial charge in [-0.3, -0.25) is 4.79 Å². The van der Waals surface area contributed by atoms with Crippen LogP contribution < -0.4 is 5.32 Å². The lowest BCUT2D eigenvalue weighted by molar-refractivity contribution is 0.0376. The molecule has 0 unspecified atom stereocenters. The number of hydrogen-bond donors (Lipinski definition) is 4. The Labute approximate surface area is 116 Å². The average Bonchev–Trinajstić information content (AvgIpc) is 2.52. The van der Waals surface area contributed by atoms with Gasteiger partial charge in [-0.05, 0) is 16.8 Å². The summed E-state index contributed by atoms with van der Waals surface area (Å²) in [5.41, 5.74) is -0.989. The highest BCUT2D eigenvalue weighted by atomic mass is 16.3. The lowest BCUT2D eigenvalue weighted by Gasteiger charge is -2.28. The molecule has 5 nitrogen and oxygen atoms in total. The standard InChI is InChI=1S/C15H17NO4/c17-8-15(9-18,10-19)16-14(20)13-7-3-5-11-4-1-2-6-12(11)13/h1-7,17-19H,8-10H2,(H,16,20). The molecule has 0 aromatic heterocycles. The number of aliphatic hydroxyl groups excluding tert-OH is 3. The molecule has 0 fully saturated rings. The third-order valence-electron chi connectivity index (χ3n) is 3.32. The largest absolute Gasteiger partial charge is 0.394 e. The monoisotopic (exact) mass is 275 g/mol. The molecule has 20 heavy (non-hydrogen) atoms. The number of aliphatic hydroxyl groups is 3. The first kappa shape index (κ1) is 14.5. The van der Waals surface area contributed by atoms with Crippen molar-refractivity contribution in [3.8, 4) is 0 Å². The maximum absolute atomic E-state index is 12.3. The molecule has 0 radical (unpaired) electrons. The van der Waals surface area contributed by atoms with Crippen LogP contribution in [-0.4, -0.2) is 46.6 Å². The van der Waals surface area contributed by atoms with Crippen LogP contribution in [0.3, 0.4) is 0 Å². The zero-order valence-corrected chi connectivity index (χ0v) is 10.9. The highest BCUT2D eigenvalue weighted by Gasteiger charge is 2.30. The van der Waals surface area contributed by atoms with Gasteiger partial charge in [-0.1, -0.05) is 36.4 Å². The van der Waals surface area contributed by atoms with Crippen LogP contribution in [0.1, 0.15) is 10.4 Å². The third-order valence-corrected chi connectivity index (χ3v) is 3.32. The van der Waals surface area contributed by atoms with Gasteiger partial charge in [-0.2, -0.15) is 0 Å². The van der Waals surface area contributed by atoms with Crippen LogP contribution >= 0.6 is 0 Å². The Kier molecular flexibility index (Phi) is 4.34. The number of nitrogens with one attached hydrogen (secondary N) is 1. The van der Waals surface area contributed by atoms with E-state index in [1.165, 1.54) is 0 Å². The first-order valence-corrected chi connectivity index (χ1v) is 6.28. The highest BCUT2D eigenvalue weighted by molar-refractivity contribution is 6.07. The van der Waals surface area contributed by atoms with Gasteiger partial charge < -0.3 is 20.6 Å². The van der Waals surface area contributed by atoms with Crippen LogP contribution in [-0.2, 0) is 0 Å². The number of benzene rings is 2. The molecule has 106 valence electrons. The van der Waals surface area contributed by atoms with Crippen molar-refractivity contribution in [2.24, 2.45) is 0 Å². The minimum atomic E-state index is -1.42. The van der Waals surface area contributed by atoms with Crippen molar-refractivity contribution in [1.82, 2.24) is 5.32 Å². The third kappa shape index (κ3) is 2.65. The summed E-state index contributed by atoms with van der Waals surface area (Å²) in [6.45, 7) is -1.64. The maximum Gasteiger partial charge on any atom is 0.252 e. The van der Waals surface area contributed by atoms with Gasteiger partial charge >= 0.3 is 0 Å². The van der Waals surface area contributed by atoms with Crippen molar-refractivity contribution in [3.05, 3.63) is 48.0 Å². The lowest BCUT2D eigenvalue weighted by Crippen LogP contribution is -2.57. The van der Waals surface area contributed by atoms with Gasteiger partial charge in [0.2, 0.25) is 0 Å². The summed E-state index contributed by atoms with van der Waals surface area (Å²) in [5, 5.41) is 31.9. The Morgan fingerprint density at radius 2 is 1.55 bits per heavy atom. The van der Waals surface area contributed by atoms with Gasteiger partial charge in [0.1, 0.15) is 5.54 Å². The molecular formula is C15H17NO4. The van der Waals surface area contributed by atoms with Crippen molar-refractivity contribution >= 4 is 16.7 Å². The molecule has 0 aliphatic heterocycles. The van der Waals surface area contributed by atoms with Crippen LogP contribution in [0.15, 0.2) is 42.5 Å². The Balaban J connectivity index is 2.37. The molecule has 4 N–H and O–H groups in total. The normalized spacial score (nSPS) is 11.6. The molecule has 0 heterocycles. The number of hydrogen-bond acceptors (Lipinski definition) is 4. The minimum absolute atomic E-state index is 0.433. The second kappa shape index (κ2) is 6.00. The molecule has 0 atom stereocenters. The molecule has 2 aromatic rings. The van der Waals surface area contributed by atoms with Crippen molar-refractivity contribution in [2.75, 3.05) is 19.8 Å². The highest BCUT2D eigenvalue weighted by Crippen LogP contribution is 2.19. The summed E-state index contributed by atoms with van der Waals surface area (Å²) in [6.07, 6.45) is 0. The summed E-state index contributed by atoms with van der Waals surface area (Å²) in [4.78, 5) is 12.3. The molecule has 0 saturated heterocycles. The first-order chi connectivity index (χ1) is 9.65. The molecule has 0 aliphatic carbocycles. The fourth-order valence-electron chi connectivity index (χ4n) is 2.00. The smallest absolute Gasteiger partial charge is 0.252 e. The molecule has 1 amide bonds. The Morgan fingerprint density at radius 3 is 2.20 bits per heavy atom. The number of rotatable bonds is 5. The van der Waals surface area contributed by atoms with Crippen molar-refractivity contribution in [2.45, 2.75) is 5.54 Å². The van der Waals surface area contributed by atoms with Crippen molar-refractivity contribution in [3.63, 3.8) is 0 Å². The van der Waals surface area contributed by atoms with Gasteiger partial charge in [0.15, 0.2) is 0 Å². The fourth-order valence-corrected chi connectivity index (χ4v) is 2.00. The quantitative estimate of drug-likeness (QED) is 0.631. The number of amides is 1. The van der Waals surface area contributed by atoms with E-state index in [1.807, 2.05) is 30.3 Å². The molecule has 0 bridgehead atoms. The van der Waals surface area contributed by atoms with Crippen LogP contribution in [0.25, 0.3) is 10.8 Å². The number of carbonyl (C=O) groups excluding carboxylic acids is 1. The topological polar surface area (TPSA) is 89.8 Å². The summed E-state index contributed by atoms with van der Waals surface area (Å²) in [7, 11) is 0. The minimum Gasteiger partial charge on any atom is -0.394 e. The molecular weight excluding hydrogens is 258 g/mol. The summed E-state index contributed by atoms with van der Waals surface area (Å²) in [5.74, 6) is -0.445. The second-order valence-corrected chi connectivity index (χ2v) is 4.74. The van der Waals surface area contributed by atoms with E-state index in [9.17, 15) is 20.1 Å². The van der Waals surface area contributed by atoms with Crippen molar-refractivity contribution < 1.29 is 20.1 Å². The van der Waals surface area contributed by atoms with Gasteiger partial charge in [0.05, 0.1) is 19.8 Å². The van der Waals surface area contributed by atoms with Crippen molar-refractivity contribution in [1.29, 1.82) is 0 Å². The van der Waals surface area contributed by atoms with Gasteiger partial charge in [0.25, 0.3) is 5.91 Å². The fraction of sp³-hybridized carbons (Fsp3) is 0.267. The molecule has 0 saturated carbocycles. The predicted octanol–water partition coefficient (Wildman–Crippen LogP) is 0.285. The van der Waals surface area contributed by atoms with Gasteiger partial charge in [-0.15, -0.1) is 0 Å². The van der Waals surface area contributed by atoms with E-state index in [4.69, 9.17) is 0 Å². The Morgan fingerprint density at radius 1 is 0.950 bits per heavy atom. The molecule has 2 aromatic carbocycles. The van der Waals surface area contributed by atoms with E-state index in [2.05, 4.69) is 5.32 Å². The molecule has 2 rings (SSSR count). The molecule has 5 heteroatoms. The predicted molar refractivity (Wildman–Crippen MR) is 75.4 cm³/mol. The maximum atomic E-state index is 12.3. The Bertz CT molecular complexity index is 594. The van der Waals surface area contributed by atoms with E-state index >= 15 is 0 Å². The summed E-state index contributed by atoms with van der Waals surface area (Å²) < 4.78 is 0. The average molecular weight is 275 g/mol. The van der Waals surface area contributed by atoms with E-state index < -0.39 is 31.3 Å². The SMILES string of the molecule is O=C(NC(CO)(CO)CO)c1cccc2ccccc12. The van der Waals surface area contributed by atoms with Gasteiger partial charge in [-0.25, -0.2) is 0 Å². The molecule has 0 spiro atoms. The molecule has 0 aliphatic rings. The van der Waals surface area contributed by atoms with E-state index in [0.717, 1.165) is 10.8 Å². The zero-order valence-electron chi connectivity index (χ0n) is 10.9. The van der Waals surface area contributed by atoms with Crippen LogP contribution in [0, 0.1) is 0 Å². The first-order valence-electron chi connectivity index (χ1n) is 6.28. The zero-order chi connectivity index (χ0) is 14.6. The second-order valence-electron chi connectivity index (χ2n) is 4.74. The van der Waals surface area contributed by atoms with Crippen LogP contribution in [0.5, 0.6) is 0 Å². The number of carbonyl (C=O) groups is 1. The summed E-state index contributed by atoms with van der Waals surface area (Å²) in [6, 6.07) is 12.7. The Hall–Kier alpha value is -1.95. The summed E-state index contributed by atoms with van der Waals surface area (Å²) >= 11 is 0. The van der Waals surface area contributed by atoms with Gasteiger partial charge in [0, 0.05) is 5.56 Å². The van der Waals surface area contributed by atoms with E-state index in [0.29, 0.717) is 5.56 Å². The number of fused-ring (bicyclic) bond motifs is 1. The lowest BCUT2D eigenvalue weighted by atomic mass is 10.00. The van der Waals surface area contributed by atoms with Crippen LogP contribution in [0.2, 0.25) is 0 Å². The van der Waals surface area contributed by atoms with Crippen LogP contribution in [0.4, 0.5) is 0 Å². The van der Waals surface area contributed by atoms with E-state index in [-0.39, 0.29) is 0 Å².